The van der Waals surface area contributed by atoms with Crippen molar-refractivity contribution in [3.8, 4) is 11.3 Å². The second kappa shape index (κ2) is 6.22. The fourth-order valence-corrected chi connectivity index (χ4v) is 3.09. The van der Waals surface area contributed by atoms with Crippen LogP contribution in [0.2, 0.25) is 0 Å². The van der Waals surface area contributed by atoms with Crippen molar-refractivity contribution in [2.45, 2.75) is 44.9 Å². The standard InChI is InChI=1S/C17H22N4/c1-12-15(13-8-4-2-5-9-13)19-17(20-16(12)21-18)14-10-6-3-7-11-14/h2,4-5,8-9,14H,3,6-7,10-11,18H2,1H3,(H,19,20,21). The number of nitrogens with two attached hydrogens (primary N) is 1. The summed E-state index contributed by atoms with van der Waals surface area (Å²) in [6.07, 6.45) is 6.24. The molecule has 21 heavy (non-hydrogen) atoms. The fraction of sp³-hybridized carbons (Fsp3) is 0.412. The van der Waals surface area contributed by atoms with Gasteiger partial charge in [0.1, 0.15) is 11.6 Å². The minimum Gasteiger partial charge on any atom is -0.308 e. The predicted octanol–water partition coefficient (Wildman–Crippen LogP) is 3.79. The van der Waals surface area contributed by atoms with Crippen LogP contribution in [0.15, 0.2) is 30.3 Å². The lowest BCUT2D eigenvalue weighted by Gasteiger charge is -2.22. The zero-order valence-corrected chi connectivity index (χ0v) is 12.5. The summed E-state index contributed by atoms with van der Waals surface area (Å²) < 4.78 is 0. The Kier molecular flexibility index (Phi) is 4.15. The van der Waals surface area contributed by atoms with E-state index in [1.54, 1.807) is 0 Å². The van der Waals surface area contributed by atoms with E-state index in [0.29, 0.717) is 5.92 Å². The second-order valence-electron chi connectivity index (χ2n) is 5.75. The van der Waals surface area contributed by atoms with Crippen molar-refractivity contribution in [2.24, 2.45) is 5.84 Å². The van der Waals surface area contributed by atoms with Crippen molar-refractivity contribution in [3.05, 3.63) is 41.7 Å². The van der Waals surface area contributed by atoms with Crippen molar-refractivity contribution in [1.29, 1.82) is 0 Å². The molecule has 0 atom stereocenters. The van der Waals surface area contributed by atoms with E-state index in [2.05, 4.69) is 22.5 Å². The Morgan fingerprint density at radius 3 is 2.43 bits per heavy atom. The molecule has 0 aliphatic heterocycles. The molecule has 4 nitrogen and oxygen atoms in total. The smallest absolute Gasteiger partial charge is 0.147 e. The van der Waals surface area contributed by atoms with Gasteiger partial charge in [-0.2, -0.15) is 0 Å². The van der Waals surface area contributed by atoms with Gasteiger partial charge in [-0.3, -0.25) is 0 Å². The molecule has 0 unspecified atom stereocenters. The summed E-state index contributed by atoms with van der Waals surface area (Å²) in [7, 11) is 0. The van der Waals surface area contributed by atoms with Crippen molar-refractivity contribution >= 4 is 5.82 Å². The fourth-order valence-electron chi connectivity index (χ4n) is 3.09. The molecule has 0 spiro atoms. The minimum atomic E-state index is 0.467. The molecular formula is C17H22N4. The molecule has 1 heterocycles. The van der Waals surface area contributed by atoms with E-state index in [-0.39, 0.29) is 0 Å². The molecule has 1 fully saturated rings. The van der Waals surface area contributed by atoms with Gasteiger partial charge < -0.3 is 5.43 Å². The summed E-state index contributed by atoms with van der Waals surface area (Å²) >= 11 is 0. The number of benzene rings is 1. The van der Waals surface area contributed by atoms with Crippen LogP contribution < -0.4 is 11.3 Å². The number of hydrogen-bond donors (Lipinski definition) is 2. The average molecular weight is 282 g/mol. The maximum atomic E-state index is 5.66. The number of anilines is 1. The van der Waals surface area contributed by atoms with Crippen molar-refractivity contribution in [1.82, 2.24) is 9.97 Å². The molecule has 4 heteroatoms. The van der Waals surface area contributed by atoms with Crippen LogP contribution in [0.4, 0.5) is 5.82 Å². The van der Waals surface area contributed by atoms with Gasteiger partial charge in [-0.05, 0) is 19.8 Å². The first-order chi connectivity index (χ1) is 10.3. The molecule has 0 amide bonds. The van der Waals surface area contributed by atoms with Crippen LogP contribution in [0, 0.1) is 6.92 Å². The zero-order chi connectivity index (χ0) is 14.7. The van der Waals surface area contributed by atoms with Gasteiger partial charge in [-0.1, -0.05) is 49.6 Å². The number of nitrogen functional groups attached to an aromatic ring is 1. The first-order valence-electron chi connectivity index (χ1n) is 7.70. The third-order valence-electron chi connectivity index (χ3n) is 4.32. The van der Waals surface area contributed by atoms with Crippen LogP contribution in [-0.2, 0) is 0 Å². The van der Waals surface area contributed by atoms with Crippen molar-refractivity contribution in [3.63, 3.8) is 0 Å². The van der Waals surface area contributed by atoms with E-state index in [1.807, 2.05) is 25.1 Å². The number of hydrogen-bond acceptors (Lipinski definition) is 4. The zero-order valence-electron chi connectivity index (χ0n) is 12.5. The summed E-state index contributed by atoms with van der Waals surface area (Å²) in [5.41, 5.74) is 5.84. The molecule has 1 aliphatic carbocycles. The highest BCUT2D eigenvalue weighted by atomic mass is 15.3. The normalized spacial score (nSPS) is 15.9. The molecule has 2 aromatic rings. The molecule has 1 aliphatic rings. The Morgan fingerprint density at radius 1 is 1.05 bits per heavy atom. The highest BCUT2D eigenvalue weighted by Crippen LogP contribution is 2.34. The van der Waals surface area contributed by atoms with Gasteiger partial charge in [-0.25, -0.2) is 15.8 Å². The molecule has 110 valence electrons. The second-order valence-corrected chi connectivity index (χ2v) is 5.75. The third-order valence-corrected chi connectivity index (χ3v) is 4.32. The van der Waals surface area contributed by atoms with E-state index in [1.165, 1.54) is 32.1 Å². The van der Waals surface area contributed by atoms with Gasteiger partial charge in [-0.15, -0.1) is 0 Å². The Balaban J connectivity index is 2.06. The Morgan fingerprint density at radius 2 is 1.76 bits per heavy atom. The minimum absolute atomic E-state index is 0.467. The Hall–Kier alpha value is -1.94. The highest BCUT2D eigenvalue weighted by molar-refractivity contribution is 5.67. The molecular weight excluding hydrogens is 260 g/mol. The number of aromatic nitrogens is 2. The molecule has 3 N–H and O–H groups in total. The molecule has 1 aromatic carbocycles. The van der Waals surface area contributed by atoms with Crippen LogP contribution in [0.25, 0.3) is 11.3 Å². The SMILES string of the molecule is Cc1c(NN)nc(C2CCCCC2)nc1-c1ccccc1. The lowest BCUT2D eigenvalue weighted by molar-refractivity contribution is 0.429. The quantitative estimate of drug-likeness (QED) is 0.664. The average Bonchev–Trinajstić information content (AvgIpc) is 2.56. The summed E-state index contributed by atoms with van der Waals surface area (Å²) in [5.74, 6) is 7.80. The molecule has 0 bridgehead atoms. The van der Waals surface area contributed by atoms with Gasteiger partial charge in [0.05, 0.1) is 5.69 Å². The maximum absolute atomic E-state index is 5.66. The van der Waals surface area contributed by atoms with Gasteiger partial charge >= 0.3 is 0 Å². The van der Waals surface area contributed by atoms with E-state index < -0.39 is 0 Å². The van der Waals surface area contributed by atoms with Crippen LogP contribution in [0.5, 0.6) is 0 Å². The first kappa shape index (κ1) is 14.0. The largest absolute Gasteiger partial charge is 0.308 e. The van der Waals surface area contributed by atoms with Gasteiger partial charge in [0.25, 0.3) is 0 Å². The summed E-state index contributed by atoms with van der Waals surface area (Å²) in [4.78, 5) is 9.52. The van der Waals surface area contributed by atoms with Crippen molar-refractivity contribution < 1.29 is 0 Å². The topological polar surface area (TPSA) is 63.8 Å². The van der Waals surface area contributed by atoms with E-state index in [0.717, 1.165) is 28.5 Å². The first-order valence-corrected chi connectivity index (χ1v) is 7.70. The third kappa shape index (κ3) is 2.90. The van der Waals surface area contributed by atoms with E-state index >= 15 is 0 Å². The molecule has 1 aromatic heterocycles. The number of nitrogens with zero attached hydrogens (tertiary/aromatic N) is 2. The lowest BCUT2D eigenvalue weighted by Crippen LogP contribution is -2.16. The maximum Gasteiger partial charge on any atom is 0.147 e. The van der Waals surface area contributed by atoms with Crippen LogP contribution in [-0.4, -0.2) is 9.97 Å². The molecule has 1 saturated carbocycles. The summed E-state index contributed by atoms with van der Waals surface area (Å²) in [6.45, 7) is 2.02. The van der Waals surface area contributed by atoms with E-state index in [4.69, 9.17) is 10.8 Å². The Bertz CT molecular complexity index is 604. The number of hydrazine groups is 1. The predicted molar refractivity (Wildman–Crippen MR) is 85.8 cm³/mol. The van der Waals surface area contributed by atoms with Crippen LogP contribution in [0.1, 0.15) is 49.4 Å². The highest BCUT2D eigenvalue weighted by Gasteiger charge is 2.21. The van der Waals surface area contributed by atoms with E-state index in [9.17, 15) is 0 Å². The van der Waals surface area contributed by atoms with Gasteiger partial charge in [0, 0.05) is 17.0 Å². The molecule has 0 saturated heterocycles. The lowest BCUT2D eigenvalue weighted by atomic mass is 9.88. The number of nitrogens with one attached hydrogen (secondary N) is 1. The van der Waals surface area contributed by atoms with Crippen LogP contribution >= 0.6 is 0 Å². The Labute approximate surface area is 125 Å². The monoisotopic (exact) mass is 282 g/mol. The van der Waals surface area contributed by atoms with Crippen molar-refractivity contribution in [2.75, 3.05) is 5.43 Å². The van der Waals surface area contributed by atoms with Gasteiger partial charge in [0.15, 0.2) is 0 Å². The van der Waals surface area contributed by atoms with Crippen LogP contribution in [0.3, 0.4) is 0 Å². The summed E-state index contributed by atoms with van der Waals surface area (Å²) in [5, 5.41) is 0. The summed E-state index contributed by atoms with van der Waals surface area (Å²) in [6, 6.07) is 10.3. The van der Waals surface area contributed by atoms with Gasteiger partial charge in [0.2, 0.25) is 0 Å². The number of rotatable bonds is 3. The molecule has 0 radical (unpaired) electrons. The molecule has 3 rings (SSSR count).